The number of benzene rings is 4. The van der Waals surface area contributed by atoms with Gasteiger partial charge in [0.2, 0.25) is 0 Å². The summed E-state index contributed by atoms with van der Waals surface area (Å²) in [7, 11) is 3.69. The monoisotopic (exact) mass is 699 g/mol. The van der Waals surface area contributed by atoms with Crippen LogP contribution in [0.3, 0.4) is 0 Å². The van der Waals surface area contributed by atoms with E-state index in [0.29, 0.717) is 6.04 Å². The number of aromatic nitrogens is 1. The Hall–Kier alpha value is -2.95. The number of piperidine rings is 1. The summed E-state index contributed by atoms with van der Waals surface area (Å²) in [5.74, 6) is 0. The summed E-state index contributed by atoms with van der Waals surface area (Å²) in [6, 6.07) is 44.7. The van der Waals surface area contributed by atoms with Crippen LogP contribution >= 0.6 is 28.9 Å². The second kappa shape index (κ2) is 21.7. The minimum absolute atomic E-state index is 0.371. The Labute approximate surface area is 269 Å². The first-order valence-corrected chi connectivity index (χ1v) is 18.1. The summed E-state index contributed by atoms with van der Waals surface area (Å²) >= 11 is 3.62. The van der Waals surface area contributed by atoms with E-state index in [9.17, 15) is 0 Å². The van der Waals surface area contributed by atoms with E-state index in [0.717, 1.165) is 12.1 Å². The van der Waals surface area contributed by atoms with E-state index in [2.05, 4.69) is 129 Å². The molecule has 5 aromatic rings. The SMILES string of the molecule is CC#N.CC#N.[Cl][Ru+2].c1ccc([PH+](c2ccccc2)c2ccccc2)cc1.c1ccc2sc(C3CCCC[N-]3)nc2c1. The fraction of sp³-hybridized carbons (Fsp3) is 0.206. The third-order valence-electron chi connectivity index (χ3n) is 6.02. The van der Waals surface area contributed by atoms with Crippen molar-refractivity contribution in [3.63, 3.8) is 0 Å². The molecule has 42 heavy (non-hydrogen) atoms. The summed E-state index contributed by atoms with van der Waals surface area (Å²) in [6.07, 6.45) is 3.73. The summed E-state index contributed by atoms with van der Waals surface area (Å²) in [4.78, 5) is 4.66. The molecule has 215 valence electrons. The minimum Gasteiger partial charge on any atom is -0.654 e. The first-order chi connectivity index (χ1) is 20.7. The van der Waals surface area contributed by atoms with Gasteiger partial charge in [0, 0.05) is 13.8 Å². The molecule has 0 aliphatic carbocycles. The van der Waals surface area contributed by atoms with Crippen LogP contribution in [-0.2, 0) is 17.3 Å². The van der Waals surface area contributed by atoms with Gasteiger partial charge >= 0.3 is 27.0 Å². The Morgan fingerprint density at radius 2 is 1.17 bits per heavy atom. The first kappa shape index (κ1) is 35.3. The van der Waals surface area contributed by atoms with Gasteiger partial charge in [0.05, 0.1) is 35.3 Å². The number of fused-ring (bicyclic) bond motifs is 1. The van der Waals surface area contributed by atoms with E-state index in [1.807, 2.05) is 23.4 Å². The molecule has 1 atom stereocenters. The average molecular weight is 699 g/mol. The van der Waals surface area contributed by atoms with E-state index in [1.54, 1.807) is 23.5 Å². The van der Waals surface area contributed by atoms with Gasteiger partial charge in [0.1, 0.15) is 15.9 Å². The first-order valence-electron chi connectivity index (χ1n) is 13.5. The number of nitrogens with zero attached hydrogens (tertiary/aromatic N) is 4. The largest absolute Gasteiger partial charge is 0.654 e. The van der Waals surface area contributed by atoms with Crippen LogP contribution in [0, 0.1) is 22.7 Å². The van der Waals surface area contributed by atoms with Gasteiger partial charge < -0.3 is 5.32 Å². The maximum Gasteiger partial charge on any atom is 0.102 e. The van der Waals surface area contributed by atoms with Crippen molar-refractivity contribution in [2.24, 2.45) is 0 Å². The molecule has 0 N–H and O–H groups in total. The molecule has 0 bridgehead atoms. The standard InChI is InChI=1S/C18H15P.C12H13N2S.2C2H3N.ClH.Ru/c1-4-10-16(11-5-1)19(17-12-6-2-7-13-17)18-14-8-3-9-15-18;1-2-7-11-9(5-1)14-12(15-11)10-6-3-4-8-13-10;2*1-2-3;;/h1-15H;1-2,5,7,10H,3-4,6,8H2;2*1H3;1H;/q;-1;;;;+3. The topological polar surface area (TPSA) is 74.6 Å². The molecule has 1 aliphatic heterocycles. The van der Waals surface area contributed by atoms with Crippen molar-refractivity contribution < 1.29 is 17.3 Å². The Bertz CT molecular complexity index is 1340. The second-order valence-electron chi connectivity index (χ2n) is 8.86. The van der Waals surface area contributed by atoms with E-state index in [4.69, 9.17) is 10.5 Å². The average Bonchev–Trinajstić information content (AvgIpc) is 3.50. The molecule has 0 radical (unpaired) electrons. The molecule has 0 spiro atoms. The van der Waals surface area contributed by atoms with Crippen LogP contribution < -0.4 is 15.9 Å². The van der Waals surface area contributed by atoms with Crippen LogP contribution in [-0.4, -0.2) is 11.5 Å². The van der Waals surface area contributed by atoms with Crippen molar-refractivity contribution in [1.82, 2.24) is 4.98 Å². The van der Waals surface area contributed by atoms with Crippen LogP contribution in [0.4, 0.5) is 0 Å². The molecule has 1 aromatic heterocycles. The van der Waals surface area contributed by atoms with Crippen LogP contribution in [0.2, 0.25) is 0 Å². The van der Waals surface area contributed by atoms with Gasteiger partial charge in [-0.25, -0.2) is 4.98 Å². The van der Waals surface area contributed by atoms with Crippen molar-refractivity contribution in [3.8, 4) is 12.1 Å². The molecule has 4 aromatic carbocycles. The maximum absolute atomic E-state index is 7.32. The Kier molecular flexibility index (Phi) is 18.2. The summed E-state index contributed by atoms with van der Waals surface area (Å²) in [5, 5.41) is 24.8. The molecule has 0 saturated carbocycles. The molecular formula is C34H35ClN4PRuS+2. The number of hydrogen-bond acceptors (Lipinski definition) is 4. The third-order valence-corrected chi connectivity index (χ3v) is 9.89. The number of thiazole rings is 1. The van der Waals surface area contributed by atoms with Crippen LogP contribution in [0.1, 0.15) is 44.2 Å². The van der Waals surface area contributed by atoms with E-state index in [-0.39, 0.29) is 0 Å². The normalized spacial score (nSPS) is 13.1. The predicted molar refractivity (Wildman–Crippen MR) is 179 cm³/mol. The van der Waals surface area contributed by atoms with Crippen molar-refractivity contribution >= 4 is 55.1 Å². The van der Waals surface area contributed by atoms with E-state index in [1.165, 1.54) is 58.7 Å². The predicted octanol–water partition coefficient (Wildman–Crippen LogP) is 8.82. The van der Waals surface area contributed by atoms with Crippen molar-refractivity contribution in [2.45, 2.75) is 39.2 Å². The fourth-order valence-corrected chi connectivity index (χ4v) is 7.98. The van der Waals surface area contributed by atoms with Crippen LogP contribution in [0.15, 0.2) is 115 Å². The number of halogens is 1. The molecule has 4 nitrogen and oxygen atoms in total. The van der Waals surface area contributed by atoms with E-state index >= 15 is 0 Å². The fourth-order valence-electron chi connectivity index (χ4n) is 4.34. The molecule has 2 heterocycles. The van der Waals surface area contributed by atoms with E-state index < -0.39 is 7.92 Å². The van der Waals surface area contributed by atoms with Gasteiger partial charge in [-0.3, -0.25) is 0 Å². The summed E-state index contributed by atoms with van der Waals surface area (Å²) in [5.41, 5.74) is 1.12. The Morgan fingerprint density at radius 1 is 0.738 bits per heavy atom. The third kappa shape index (κ3) is 11.7. The minimum atomic E-state index is -0.877. The van der Waals surface area contributed by atoms with Crippen LogP contribution in [0.25, 0.3) is 15.5 Å². The number of rotatable bonds is 4. The summed E-state index contributed by atoms with van der Waals surface area (Å²) in [6.45, 7) is 3.88. The Morgan fingerprint density at radius 3 is 1.57 bits per heavy atom. The zero-order chi connectivity index (χ0) is 30.4. The molecule has 1 unspecified atom stereocenters. The molecule has 1 saturated heterocycles. The smallest absolute Gasteiger partial charge is 0.102 e. The van der Waals surface area contributed by atoms with Gasteiger partial charge in [-0.05, 0) is 48.5 Å². The second-order valence-corrected chi connectivity index (χ2v) is 12.4. The van der Waals surface area contributed by atoms with Gasteiger partial charge in [0.15, 0.2) is 0 Å². The number of nitriles is 2. The molecule has 0 amide bonds. The van der Waals surface area contributed by atoms with Crippen molar-refractivity contribution in [1.29, 1.82) is 10.5 Å². The van der Waals surface area contributed by atoms with Crippen molar-refractivity contribution in [3.05, 3.63) is 126 Å². The molecule has 8 heteroatoms. The van der Waals surface area contributed by atoms with Crippen LogP contribution in [0.5, 0.6) is 0 Å². The van der Waals surface area contributed by atoms with Crippen molar-refractivity contribution in [2.75, 3.05) is 6.54 Å². The summed E-state index contributed by atoms with van der Waals surface area (Å²) < 4.78 is 1.29. The van der Waals surface area contributed by atoms with Gasteiger partial charge in [0.25, 0.3) is 0 Å². The molecular weight excluding hydrogens is 664 g/mol. The maximum atomic E-state index is 7.32. The number of para-hydroxylation sites is 1. The number of hydrogen-bond donors (Lipinski definition) is 0. The van der Waals surface area contributed by atoms with Gasteiger partial charge in [-0.15, -0.1) is 17.9 Å². The van der Waals surface area contributed by atoms with Gasteiger partial charge in [-0.2, -0.15) is 10.5 Å². The Balaban J connectivity index is 0.000000239. The zero-order valence-corrected chi connectivity index (χ0v) is 28.1. The molecule has 1 fully saturated rings. The molecule has 1 aliphatic rings. The quantitative estimate of drug-likeness (QED) is 0.139. The zero-order valence-electron chi connectivity index (χ0n) is 23.8. The van der Waals surface area contributed by atoms with Gasteiger partial charge in [-0.1, -0.05) is 92.0 Å². The molecule has 6 rings (SSSR count).